The van der Waals surface area contributed by atoms with Gasteiger partial charge in [0.25, 0.3) is 0 Å². The van der Waals surface area contributed by atoms with Gasteiger partial charge in [0.15, 0.2) is 0 Å². The Balaban J connectivity index is 3.50. The van der Waals surface area contributed by atoms with Gasteiger partial charge in [-0.15, -0.1) is 0 Å². The Morgan fingerprint density at radius 3 is 1.85 bits per heavy atom. The van der Waals surface area contributed by atoms with Gasteiger partial charge >= 0.3 is 11.9 Å². The molecule has 1 aromatic rings. The summed E-state index contributed by atoms with van der Waals surface area (Å²) < 4.78 is 15.1. The van der Waals surface area contributed by atoms with Crippen LogP contribution in [0.3, 0.4) is 0 Å². The van der Waals surface area contributed by atoms with Crippen molar-refractivity contribution in [3.8, 4) is 5.75 Å². The second-order valence-corrected chi connectivity index (χ2v) is 6.09. The maximum atomic E-state index is 12.6. The van der Waals surface area contributed by atoms with E-state index in [0.717, 1.165) is 0 Å². The molecule has 1 aromatic carbocycles. The van der Waals surface area contributed by atoms with E-state index in [1.54, 1.807) is 13.8 Å². The van der Waals surface area contributed by atoms with Gasteiger partial charge in [0.1, 0.15) is 5.75 Å². The van der Waals surface area contributed by atoms with Crippen molar-refractivity contribution in [2.24, 2.45) is 0 Å². The summed E-state index contributed by atoms with van der Waals surface area (Å²) >= 11 is 12.5. The number of methoxy groups -OCH3 is 1. The summed E-state index contributed by atoms with van der Waals surface area (Å²) in [5.74, 6) is -2.14. The standard InChI is InChI=1S/C17H21Cl2NO6/c1-5-25-15(22)17(20-10(3)21,16(23)26-6-2)9-12-13(18)7-11(24-4)8-14(12)19/h7-8H,5-6,9H2,1-4H3,(H,20,21). The summed E-state index contributed by atoms with van der Waals surface area (Å²) in [6.07, 6.45) is -0.341. The van der Waals surface area contributed by atoms with Crippen LogP contribution in [0.5, 0.6) is 5.75 Å². The molecular formula is C17H21Cl2NO6. The molecule has 1 N–H and O–H groups in total. The average Bonchev–Trinajstić information content (AvgIpc) is 2.56. The second-order valence-electron chi connectivity index (χ2n) is 5.27. The highest BCUT2D eigenvalue weighted by Gasteiger charge is 2.50. The molecule has 0 saturated carbocycles. The van der Waals surface area contributed by atoms with Crippen molar-refractivity contribution in [1.29, 1.82) is 0 Å². The third-order valence-corrected chi connectivity index (χ3v) is 4.10. The normalized spacial score (nSPS) is 10.8. The van der Waals surface area contributed by atoms with Crippen molar-refractivity contribution >= 4 is 41.0 Å². The summed E-state index contributed by atoms with van der Waals surface area (Å²) in [5.41, 5.74) is -1.84. The molecule has 0 aromatic heterocycles. The van der Waals surface area contributed by atoms with E-state index in [1.165, 1.54) is 26.2 Å². The second kappa shape index (κ2) is 9.64. The van der Waals surface area contributed by atoms with Gasteiger partial charge < -0.3 is 19.5 Å². The van der Waals surface area contributed by atoms with Crippen molar-refractivity contribution in [1.82, 2.24) is 5.32 Å². The third kappa shape index (κ3) is 5.02. The fraction of sp³-hybridized carbons (Fsp3) is 0.471. The SMILES string of the molecule is CCOC(=O)C(Cc1c(Cl)cc(OC)cc1Cl)(NC(C)=O)C(=O)OCC. The maximum Gasteiger partial charge on any atom is 0.344 e. The lowest BCUT2D eigenvalue weighted by Gasteiger charge is -2.30. The van der Waals surface area contributed by atoms with E-state index in [-0.39, 0.29) is 35.2 Å². The molecule has 0 fully saturated rings. The zero-order chi connectivity index (χ0) is 19.9. The molecule has 0 unspecified atom stereocenters. The van der Waals surface area contributed by atoms with Crippen LogP contribution in [0.4, 0.5) is 0 Å². The fourth-order valence-electron chi connectivity index (χ4n) is 2.31. The number of rotatable bonds is 8. The van der Waals surface area contributed by atoms with Crippen LogP contribution in [-0.2, 0) is 30.3 Å². The monoisotopic (exact) mass is 405 g/mol. The van der Waals surface area contributed by atoms with Gasteiger partial charge in [-0.05, 0) is 31.5 Å². The molecule has 1 rings (SSSR count). The number of ether oxygens (including phenoxy) is 3. The van der Waals surface area contributed by atoms with Crippen LogP contribution in [0.15, 0.2) is 12.1 Å². The number of esters is 2. The van der Waals surface area contributed by atoms with Crippen LogP contribution in [0.25, 0.3) is 0 Å². The van der Waals surface area contributed by atoms with E-state index in [1.807, 2.05) is 0 Å². The summed E-state index contributed by atoms with van der Waals surface area (Å²) in [5, 5.41) is 2.69. The first-order chi connectivity index (χ1) is 12.2. The maximum absolute atomic E-state index is 12.6. The van der Waals surface area contributed by atoms with Crippen molar-refractivity contribution in [3.05, 3.63) is 27.7 Å². The quantitative estimate of drug-likeness (QED) is 0.527. The van der Waals surface area contributed by atoms with E-state index in [4.69, 9.17) is 37.4 Å². The predicted molar refractivity (Wildman–Crippen MR) is 96.5 cm³/mol. The minimum Gasteiger partial charge on any atom is -0.497 e. The molecule has 0 radical (unpaired) electrons. The number of hydrogen-bond acceptors (Lipinski definition) is 6. The van der Waals surface area contributed by atoms with Crippen molar-refractivity contribution < 1.29 is 28.6 Å². The van der Waals surface area contributed by atoms with Gasteiger partial charge in [-0.2, -0.15) is 0 Å². The van der Waals surface area contributed by atoms with Crippen LogP contribution in [0.2, 0.25) is 10.0 Å². The van der Waals surface area contributed by atoms with Crippen LogP contribution >= 0.6 is 23.2 Å². The number of carbonyl (C=O) groups is 3. The topological polar surface area (TPSA) is 90.9 Å². The zero-order valence-corrected chi connectivity index (χ0v) is 16.5. The molecular weight excluding hydrogens is 385 g/mol. The first-order valence-corrected chi connectivity index (χ1v) is 8.62. The number of carbonyl (C=O) groups excluding carboxylic acids is 3. The number of halogens is 2. The highest BCUT2D eigenvalue weighted by atomic mass is 35.5. The molecule has 0 aliphatic carbocycles. The summed E-state index contributed by atoms with van der Waals surface area (Å²) in [4.78, 5) is 37.0. The van der Waals surface area contributed by atoms with Gasteiger partial charge in [0.05, 0.1) is 20.3 Å². The average molecular weight is 406 g/mol. The molecule has 7 nitrogen and oxygen atoms in total. The first kappa shape index (κ1) is 22.1. The van der Waals surface area contributed by atoms with Gasteiger partial charge in [-0.3, -0.25) is 4.79 Å². The lowest BCUT2D eigenvalue weighted by Crippen LogP contribution is -2.62. The molecule has 0 atom stereocenters. The Morgan fingerprint density at radius 2 is 1.50 bits per heavy atom. The highest BCUT2D eigenvalue weighted by molar-refractivity contribution is 6.36. The van der Waals surface area contributed by atoms with Crippen molar-refractivity contribution in [2.45, 2.75) is 32.7 Å². The molecule has 1 amide bonds. The van der Waals surface area contributed by atoms with Crippen LogP contribution in [-0.4, -0.2) is 43.7 Å². The summed E-state index contributed by atoms with van der Waals surface area (Å²) in [6.45, 7) is 4.33. The zero-order valence-electron chi connectivity index (χ0n) is 15.0. The minimum atomic E-state index is -2.11. The summed E-state index contributed by atoms with van der Waals surface area (Å²) in [7, 11) is 1.44. The Hall–Kier alpha value is -1.99. The van der Waals surface area contributed by atoms with Crippen LogP contribution in [0, 0.1) is 0 Å². The van der Waals surface area contributed by atoms with E-state index >= 15 is 0 Å². The highest BCUT2D eigenvalue weighted by Crippen LogP contribution is 2.33. The van der Waals surface area contributed by atoms with Crippen LogP contribution in [0.1, 0.15) is 26.3 Å². The number of benzene rings is 1. The smallest absolute Gasteiger partial charge is 0.344 e. The number of hydrogen-bond donors (Lipinski definition) is 1. The van der Waals surface area contributed by atoms with Crippen molar-refractivity contribution in [3.63, 3.8) is 0 Å². The van der Waals surface area contributed by atoms with E-state index in [9.17, 15) is 14.4 Å². The number of nitrogens with one attached hydrogen (secondary N) is 1. The molecule has 26 heavy (non-hydrogen) atoms. The largest absolute Gasteiger partial charge is 0.497 e. The lowest BCUT2D eigenvalue weighted by atomic mass is 9.90. The fourth-order valence-corrected chi connectivity index (χ4v) is 2.92. The molecule has 0 aliphatic rings. The van der Waals surface area contributed by atoms with Gasteiger partial charge in [0.2, 0.25) is 11.4 Å². The molecule has 0 bridgehead atoms. The molecule has 0 aliphatic heterocycles. The number of amides is 1. The minimum absolute atomic E-state index is 0.00362. The van der Waals surface area contributed by atoms with Gasteiger partial charge in [0, 0.05) is 23.4 Å². The van der Waals surface area contributed by atoms with E-state index in [0.29, 0.717) is 5.75 Å². The van der Waals surface area contributed by atoms with Crippen molar-refractivity contribution in [2.75, 3.05) is 20.3 Å². The molecule has 0 spiro atoms. The molecule has 144 valence electrons. The molecule has 0 saturated heterocycles. The Kier molecular flexibility index (Phi) is 8.17. The molecule has 9 heteroatoms. The first-order valence-electron chi connectivity index (χ1n) is 7.86. The van der Waals surface area contributed by atoms with Gasteiger partial charge in [-0.25, -0.2) is 9.59 Å². The molecule has 0 heterocycles. The third-order valence-electron chi connectivity index (χ3n) is 3.43. The van der Waals surface area contributed by atoms with E-state index < -0.39 is 23.4 Å². The van der Waals surface area contributed by atoms with Gasteiger partial charge in [-0.1, -0.05) is 23.2 Å². The van der Waals surface area contributed by atoms with E-state index in [2.05, 4.69) is 5.32 Å². The Morgan fingerprint density at radius 1 is 1.04 bits per heavy atom. The lowest BCUT2D eigenvalue weighted by molar-refractivity contribution is -0.168. The Labute approximate surface area is 161 Å². The van der Waals surface area contributed by atoms with Crippen LogP contribution < -0.4 is 10.1 Å². The predicted octanol–water partition coefficient (Wildman–Crippen LogP) is 2.55. The Bertz CT molecular complexity index is 651. The summed E-state index contributed by atoms with van der Waals surface area (Å²) in [6, 6.07) is 2.97.